The molecule has 1 fully saturated rings. The number of hydrogen-bond acceptors (Lipinski definition) is 2. The van der Waals surface area contributed by atoms with Crippen molar-refractivity contribution in [3.63, 3.8) is 0 Å². The molecule has 0 aromatic rings. The molecular weight excluding hydrogens is 122 g/mol. The maximum absolute atomic E-state index is 9.23. The van der Waals surface area contributed by atoms with Gasteiger partial charge in [0.05, 0.1) is 20.3 Å². The fourth-order valence-electron chi connectivity index (χ4n) is 0.736. The molecule has 0 aliphatic carbocycles. The average molecular weight is 136 g/mol. The van der Waals surface area contributed by atoms with Crippen LogP contribution in [-0.4, -0.2) is 48.7 Å². The van der Waals surface area contributed by atoms with E-state index in [-0.39, 0.29) is 10.1 Å². The second kappa shape index (κ2) is 3.12. The summed E-state index contributed by atoms with van der Waals surface area (Å²) in [7, 11) is 1.79. The Morgan fingerprint density at radius 3 is 2.00 bits per heavy atom. The van der Waals surface area contributed by atoms with E-state index in [1.807, 2.05) is 0 Å². The highest BCUT2D eigenvalue weighted by atomic mass is 16.6. The van der Waals surface area contributed by atoms with Crippen LogP contribution in [0.15, 0.2) is 0 Å². The summed E-state index contributed by atoms with van der Waals surface area (Å²) in [5.74, 6) is 0. The molecule has 1 heterocycles. The maximum atomic E-state index is 9.23. The number of hydroxylamine groups is 3. The first-order valence-electron chi connectivity index (χ1n) is 2.86. The molecule has 3 N–H and O–H groups in total. The van der Waals surface area contributed by atoms with Gasteiger partial charge in [-0.15, -0.1) is 0 Å². The molecule has 1 rings (SSSR count). The van der Waals surface area contributed by atoms with Gasteiger partial charge in [0.15, 0.2) is 0 Å². The van der Waals surface area contributed by atoms with Crippen molar-refractivity contribution < 1.29 is 20.1 Å². The van der Waals surface area contributed by atoms with E-state index in [0.717, 1.165) is 13.1 Å². The first-order chi connectivity index (χ1) is 3.71. The van der Waals surface area contributed by atoms with Crippen LogP contribution in [0.2, 0.25) is 0 Å². The number of nitrogens with zero attached hydrogens (tertiary/aromatic N) is 1. The zero-order valence-electron chi connectivity index (χ0n) is 5.63. The largest absolute Gasteiger partial charge is 0.412 e. The third-order valence-electron chi connectivity index (χ3n) is 1.43. The number of morpholine rings is 1. The van der Waals surface area contributed by atoms with E-state index in [9.17, 15) is 5.21 Å². The van der Waals surface area contributed by atoms with Crippen molar-refractivity contribution in [2.75, 3.05) is 33.4 Å². The molecule has 0 radical (unpaired) electrons. The van der Waals surface area contributed by atoms with Crippen LogP contribution in [0.4, 0.5) is 0 Å². The molecule has 0 aromatic heterocycles. The van der Waals surface area contributed by atoms with Crippen LogP contribution < -0.4 is 0 Å². The molecule has 1 saturated heterocycles. The van der Waals surface area contributed by atoms with Gasteiger partial charge in [0, 0.05) is 0 Å². The first kappa shape index (κ1) is 8.84. The summed E-state index contributed by atoms with van der Waals surface area (Å²) >= 11 is 0. The van der Waals surface area contributed by atoms with Gasteiger partial charge in [-0.1, -0.05) is 0 Å². The number of ether oxygens (including phenoxy) is 1. The highest BCUT2D eigenvalue weighted by molar-refractivity contribution is 4.37. The van der Waals surface area contributed by atoms with Crippen LogP contribution in [-0.2, 0) is 4.74 Å². The van der Waals surface area contributed by atoms with Crippen LogP contribution in [0.3, 0.4) is 0 Å². The van der Waals surface area contributed by atoms with Crippen molar-refractivity contribution in [2.45, 2.75) is 0 Å². The molecule has 0 bridgehead atoms. The van der Waals surface area contributed by atoms with E-state index in [1.54, 1.807) is 7.05 Å². The third-order valence-corrected chi connectivity index (χ3v) is 1.43. The standard InChI is InChI=1S/C5H12NO2.H2O/c1-6(7)2-4-8-5-3-6;/h7H,2-5H2,1H3;1H2/q+1;. The van der Waals surface area contributed by atoms with Crippen LogP contribution in [0, 0.1) is 0 Å². The van der Waals surface area contributed by atoms with E-state index < -0.39 is 0 Å². The lowest BCUT2D eigenvalue weighted by Crippen LogP contribution is -2.48. The second-order valence-corrected chi connectivity index (χ2v) is 2.40. The van der Waals surface area contributed by atoms with E-state index in [4.69, 9.17) is 4.74 Å². The molecule has 56 valence electrons. The van der Waals surface area contributed by atoms with Gasteiger partial charge < -0.3 is 10.2 Å². The Morgan fingerprint density at radius 1 is 1.33 bits per heavy atom. The molecule has 0 atom stereocenters. The van der Waals surface area contributed by atoms with Crippen LogP contribution in [0.1, 0.15) is 0 Å². The van der Waals surface area contributed by atoms with Crippen molar-refractivity contribution in [1.82, 2.24) is 0 Å². The van der Waals surface area contributed by atoms with E-state index in [0.29, 0.717) is 13.2 Å². The van der Waals surface area contributed by atoms with Gasteiger partial charge in [0.2, 0.25) is 0 Å². The lowest BCUT2D eigenvalue weighted by Gasteiger charge is -2.28. The van der Waals surface area contributed by atoms with Crippen LogP contribution >= 0.6 is 0 Å². The second-order valence-electron chi connectivity index (χ2n) is 2.40. The van der Waals surface area contributed by atoms with Crippen molar-refractivity contribution in [3.05, 3.63) is 0 Å². The Balaban J connectivity index is 0.000000640. The molecule has 0 spiro atoms. The third kappa shape index (κ3) is 2.76. The SMILES string of the molecule is C[N+]1(O)CCOCC1.O. The van der Waals surface area contributed by atoms with Gasteiger partial charge in [-0.2, -0.15) is 4.65 Å². The molecule has 0 saturated carbocycles. The lowest BCUT2D eigenvalue weighted by atomic mass is 10.4. The average Bonchev–Trinajstić information content (AvgIpc) is 1.65. The van der Waals surface area contributed by atoms with E-state index in [1.165, 1.54) is 0 Å². The first-order valence-corrected chi connectivity index (χ1v) is 2.86. The summed E-state index contributed by atoms with van der Waals surface area (Å²) < 4.78 is 5.15. The Kier molecular flexibility index (Phi) is 3.07. The molecule has 0 unspecified atom stereocenters. The van der Waals surface area contributed by atoms with E-state index >= 15 is 0 Å². The van der Waals surface area contributed by atoms with Gasteiger partial charge >= 0.3 is 0 Å². The summed E-state index contributed by atoms with van der Waals surface area (Å²) in [6.07, 6.45) is 0. The Hall–Kier alpha value is -0.160. The number of rotatable bonds is 0. The highest BCUT2D eigenvalue weighted by Gasteiger charge is 2.21. The lowest BCUT2D eigenvalue weighted by molar-refractivity contribution is -1.09. The minimum Gasteiger partial charge on any atom is -0.412 e. The normalized spacial score (nSPS) is 24.7. The van der Waals surface area contributed by atoms with Gasteiger partial charge in [0.25, 0.3) is 0 Å². The quantitative estimate of drug-likeness (QED) is 0.435. The number of quaternary nitrogens is 1. The molecule has 0 amide bonds. The summed E-state index contributed by atoms with van der Waals surface area (Å²) in [4.78, 5) is 0. The smallest absolute Gasteiger partial charge is 0.132 e. The molecular formula is C5H14NO3+. The van der Waals surface area contributed by atoms with Gasteiger partial charge in [-0.3, -0.25) is 0 Å². The minimum atomic E-state index is 0. The van der Waals surface area contributed by atoms with Gasteiger partial charge in [-0.05, 0) is 0 Å². The van der Waals surface area contributed by atoms with Crippen LogP contribution in [0.5, 0.6) is 0 Å². The Morgan fingerprint density at radius 2 is 1.78 bits per heavy atom. The zero-order valence-corrected chi connectivity index (χ0v) is 5.63. The van der Waals surface area contributed by atoms with Crippen LogP contribution in [0.25, 0.3) is 0 Å². The summed E-state index contributed by atoms with van der Waals surface area (Å²) in [6.45, 7) is 2.82. The summed E-state index contributed by atoms with van der Waals surface area (Å²) in [5, 5.41) is 9.23. The molecule has 0 aromatic carbocycles. The number of hydrogen-bond donors (Lipinski definition) is 1. The van der Waals surface area contributed by atoms with Crippen molar-refractivity contribution >= 4 is 0 Å². The zero-order chi connectivity index (χ0) is 6.04. The van der Waals surface area contributed by atoms with Gasteiger partial charge in [0.1, 0.15) is 13.1 Å². The predicted octanol–water partition coefficient (Wildman–Crippen LogP) is -0.972. The molecule has 1 aliphatic heterocycles. The highest BCUT2D eigenvalue weighted by Crippen LogP contribution is 2.00. The molecule has 9 heavy (non-hydrogen) atoms. The topological polar surface area (TPSA) is 61.0 Å². The summed E-state index contributed by atoms with van der Waals surface area (Å²) in [6, 6.07) is 0. The predicted molar refractivity (Wildman–Crippen MR) is 32.1 cm³/mol. The number of likely N-dealkylation sites (N-methyl/N-ethyl adjacent to an activating group) is 1. The molecule has 4 nitrogen and oxygen atoms in total. The Bertz CT molecular complexity index is 76.3. The van der Waals surface area contributed by atoms with Crippen molar-refractivity contribution in [3.8, 4) is 0 Å². The summed E-state index contributed by atoms with van der Waals surface area (Å²) in [5.41, 5.74) is 0. The van der Waals surface area contributed by atoms with Gasteiger partial charge in [-0.25, -0.2) is 5.21 Å². The van der Waals surface area contributed by atoms with Crippen molar-refractivity contribution in [1.29, 1.82) is 0 Å². The fourth-order valence-corrected chi connectivity index (χ4v) is 0.736. The Labute approximate surface area is 54.5 Å². The fraction of sp³-hybridized carbons (Fsp3) is 1.00. The monoisotopic (exact) mass is 136 g/mol. The molecule has 4 heteroatoms. The minimum absolute atomic E-state index is 0. The van der Waals surface area contributed by atoms with E-state index in [2.05, 4.69) is 0 Å². The van der Waals surface area contributed by atoms with Crippen molar-refractivity contribution in [2.24, 2.45) is 0 Å². The maximum Gasteiger partial charge on any atom is 0.132 e. The molecule has 1 aliphatic rings.